The van der Waals surface area contributed by atoms with E-state index in [1.807, 2.05) is 18.3 Å². The molecule has 0 spiro atoms. The Hall–Kier alpha value is -1.66. The highest BCUT2D eigenvalue weighted by molar-refractivity contribution is 7.10. The van der Waals surface area contributed by atoms with Crippen LogP contribution in [-0.2, 0) is 13.0 Å². The zero-order chi connectivity index (χ0) is 12.5. The van der Waals surface area contributed by atoms with E-state index >= 15 is 0 Å². The third-order valence-corrected chi connectivity index (χ3v) is 4.32. The van der Waals surface area contributed by atoms with Crippen molar-refractivity contribution in [1.29, 1.82) is 0 Å². The maximum Gasteiger partial charge on any atom is 0.148 e. The van der Waals surface area contributed by atoms with E-state index in [4.69, 9.17) is 5.84 Å². The van der Waals surface area contributed by atoms with Crippen molar-refractivity contribution in [3.8, 4) is 0 Å². The largest absolute Gasteiger partial charge is 0.352 e. The predicted molar refractivity (Wildman–Crippen MR) is 73.7 cm³/mol. The Bertz CT molecular complexity index is 565. The minimum Gasteiger partial charge on any atom is -0.352 e. The van der Waals surface area contributed by atoms with Crippen molar-refractivity contribution in [1.82, 2.24) is 9.97 Å². The molecule has 1 aliphatic heterocycles. The van der Waals surface area contributed by atoms with Gasteiger partial charge >= 0.3 is 0 Å². The lowest BCUT2D eigenvalue weighted by Gasteiger charge is -2.29. The van der Waals surface area contributed by atoms with E-state index in [1.54, 1.807) is 6.33 Å². The standard InChI is InChI=1S/C12H15N5S/c1-8-11(16-13)14-7-15-12(8)17-4-2-10-9(6-17)3-5-18-10/h3,5,7H,2,4,6,13H2,1H3,(H,14,15,16). The van der Waals surface area contributed by atoms with E-state index < -0.39 is 0 Å². The number of nitrogens with zero attached hydrogens (tertiary/aromatic N) is 3. The van der Waals surface area contributed by atoms with Crippen molar-refractivity contribution in [2.24, 2.45) is 5.84 Å². The fourth-order valence-electron chi connectivity index (χ4n) is 2.33. The molecule has 0 radical (unpaired) electrons. The van der Waals surface area contributed by atoms with E-state index in [1.165, 1.54) is 10.4 Å². The monoisotopic (exact) mass is 261 g/mol. The molecule has 5 nitrogen and oxygen atoms in total. The van der Waals surface area contributed by atoms with Crippen molar-refractivity contribution >= 4 is 23.0 Å². The summed E-state index contributed by atoms with van der Waals surface area (Å²) in [6.45, 7) is 3.91. The van der Waals surface area contributed by atoms with Gasteiger partial charge in [0.25, 0.3) is 0 Å². The number of aromatic nitrogens is 2. The van der Waals surface area contributed by atoms with Crippen LogP contribution in [0.4, 0.5) is 11.6 Å². The molecule has 0 amide bonds. The molecule has 0 fully saturated rings. The average Bonchev–Trinajstić information content (AvgIpc) is 2.86. The Morgan fingerprint density at radius 1 is 1.44 bits per heavy atom. The molecule has 0 saturated carbocycles. The summed E-state index contributed by atoms with van der Waals surface area (Å²) in [6, 6.07) is 2.20. The summed E-state index contributed by atoms with van der Waals surface area (Å²) in [5.74, 6) is 7.11. The van der Waals surface area contributed by atoms with Crippen LogP contribution in [0, 0.1) is 6.92 Å². The Balaban J connectivity index is 1.93. The number of nitrogen functional groups attached to an aromatic ring is 1. The fourth-order valence-corrected chi connectivity index (χ4v) is 3.22. The second-order valence-corrected chi connectivity index (χ2v) is 5.36. The second-order valence-electron chi connectivity index (χ2n) is 4.36. The van der Waals surface area contributed by atoms with Gasteiger partial charge < -0.3 is 10.3 Å². The zero-order valence-corrected chi connectivity index (χ0v) is 11.0. The number of nitrogens with one attached hydrogen (secondary N) is 1. The maximum atomic E-state index is 5.45. The molecule has 3 heterocycles. The minimum absolute atomic E-state index is 0.691. The number of nitrogens with two attached hydrogens (primary N) is 1. The lowest BCUT2D eigenvalue weighted by Crippen LogP contribution is -2.31. The van der Waals surface area contributed by atoms with Gasteiger partial charge in [-0.15, -0.1) is 11.3 Å². The molecule has 6 heteroatoms. The number of hydrogen-bond acceptors (Lipinski definition) is 6. The summed E-state index contributed by atoms with van der Waals surface area (Å²) >= 11 is 1.84. The van der Waals surface area contributed by atoms with Crippen LogP contribution in [0.1, 0.15) is 16.0 Å². The van der Waals surface area contributed by atoms with Gasteiger partial charge in [0.1, 0.15) is 18.0 Å². The fraction of sp³-hybridized carbons (Fsp3) is 0.333. The highest BCUT2D eigenvalue weighted by atomic mass is 32.1. The molecule has 0 saturated heterocycles. The van der Waals surface area contributed by atoms with Crippen LogP contribution in [-0.4, -0.2) is 16.5 Å². The number of hydrogen-bond donors (Lipinski definition) is 2. The summed E-state index contributed by atoms with van der Waals surface area (Å²) in [5.41, 5.74) is 5.02. The molecule has 3 rings (SSSR count). The first-order chi connectivity index (χ1) is 8.79. The van der Waals surface area contributed by atoms with Gasteiger partial charge in [-0.05, 0) is 30.4 Å². The van der Waals surface area contributed by atoms with E-state index in [0.717, 1.165) is 30.9 Å². The minimum atomic E-state index is 0.691. The van der Waals surface area contributed by atoms with Crippen LogP contribution in [0.3, 0.4) is 0 Å². The van der Waals surface area contributed by atoms with E-state index in [0.29, 0.717) is 5.82 Å². The SMILES string of the molecule is Cc1c(NN)ncnc1N1CCc2sccc2C1. The molecule has 2 aromatic heterocycles. The first-order valence-electron chi connectivity index (χ1n) is 5.88. The molecule has 0 aromatic carbocycles. The van der Waals surface area contributed by atoms with Crippen molar-refractivity contribution in [3.05, 3.63) is 33.8 Å². The molecule has 0 atom stereocenters. The Morgan fingerprint density at radius 3 is 3.17 bits per heavy atom. The van der Waals surface area contributed by atoms with E-state index in [9.17, 15) is 0 Å². The first-order valence-corrected chi connectivity index (χ1v) is 6.76. The van der Waals surface area contributed by atoms with Gasteiger partial charge in [0.05, 0.1) is 0 Å². The van der Waals surface area contributed by atoms with Crippen LogP contribution in [0.5, 0.6) is 0 Å². The van der Waals surface area contributed by atoms with E-state index in [-0.39, 0.29) is 0 Å². The lowest BCUT2D eigenvalue weighted by molar-refractivity contribution is 0.727. The van der Waals surface area contributed by atoms with Crippen LogP contribution in [0.25, 0.3) is 0 Å². The van der Waals surface area contributed by atoms with Crippen molar-refractivity contribution < 1.29 is 0 Å². The Labute approximate surface area is 110 Å². The quantitative estimate of drug-likeness (QED) is 0.636. The van der Waals surface area contributed by atoms with Gasteiger partial charge in [0.2, 0.25) is 0 Å². The van der Waals surface area contributed by atoms with Crippen LogP contribution in [0.15, 0.2) is 17.8 Å². The van der Waals surface area contributed by atoms with Crippen molar-refractivity contribution in [3.63, 3.8) is 0 Å². The average molecular weight is 261 g/mol. The lowest BCUT2D eigenvalue weighted by atomic mass is 10.1. The van der Waals surface area contributed by atoms with Gasteiger partial charge in [-0.2, -0.15) is 0 Å². The molecule has 18 heavy (non-hydrogen) atoms. The highest BCUT2D eigenvalue weighted by Gasteiger charge is 2.20. The topological polar surface area (TPSA) is 67.1 Å². The van der Waals surface area contributed by atoms with Gasteiger partial charge in [-0.1, -0.05) is 0 Å². The molecular weight excluding hydrogens is 246 g/mol. The molecule has 0 unspecified atom stereocenters. The summed E-state index contributed by atoms with van der Waals surface area (Å²) in [4.78, 5) is 12.3. The third-order valence-electron chi connectivity index (χ3n) is 3.30. The predicted octanol–water partition coefficient (Wildman–Crippen LogP) is 1.69. The number of anilines is 2. The molecule has 3 N–H and O–H groups in total. The summed E-state index contributed by atoms with van der Waals surface area (Å²) < 4.78 is 0. The molecular formula is C12H15N5S. The second kappa shape index (κ2) is 4.55. The maximum absolute atomic E-state index is 5.45. The van der Waals surface area contributed by atoms with E-state index in [2.05, 4.69) is 31.7 Å². The number of thiophene rings is 1. The Kier molecular flexibility index (Phi) is 2.89. The van der Waals surface area contributed by atoms with Crippen LogP contribution in [0.2, 0.25) is 0 Å². The summed E-state index contributed by atoms with van der Waals surface area (Å²) in [7, 11) is 0. The van der Waals surface area contributed by atoms with Gasteiger partial charge in [-0.25, -0.2) is 15.8 Å². The molecule has 94 valence electrons. The zero-order valence-electron chi connectivity index (χ0n) is 10.2. The van der Waals surface area contributed by atoms with Gasteiger partial charge in [0.15, 0.2) is 0 Å². The normalized spacial score (nSPS) is 14.4. The van der Waals surface area contributed by atoms with Crippen LogP contribution < -0.4 is 16.2 Å². The van der Waals surface area contributed by atoms with Crippen LogP contribution >= 0.6 is 11.3 Å². The van der Waals surface area contributed by atoms with Gasteiger partial charge in [0, 0.05) is 23.5 Å². The molecule has 0 bridgehead atoms. The first kappa shape index (κ1) is 11.4. The van der Waals surface area contributed by atoms with Crippen molar-refractivity contribution in [2.45, 2.75) is 19.9 Å². The molecule has 2 aromatic rings. The summed E-state index contributed by atoms with van der Waals surface area (Å²) in [5, 5.41) is 2.16. The third kappa shape index (κ3) is 1.83. The summed E-state index contributed by atoms with van der Waals surface area (Å²) in [6.07, 6.45) is 2.64. The smallest absolute Gasteiger partial charge is 0.148 e. The molecule has 0 aliphatic carbocycles. The number of rotatable bonds is 2. The number of fused-ring (bicyclic) bond motifs is 1. The molecule has 1 aliphatic rings. The number of hydrazine groups is 1. The van der Waals surface area contributed by atoms with Gasteiger partial charge in [-0.3, -0.25) is 0 Å². The van der Waals surface area contributed by atoms with Crippen molar-refractivity contribution in [2.75, 3.05) is 16.9 Å². The Morgan fingerprint density at radius 2 is 2.33 bits per heavy atom. The highest BCUT2D eigenvalue weighted by Crippen LogP contribution is 2.29.